The minimum absolute atomic E-state index is 0.0727. The molecule has 2 aromatic carbocycles. The average molecular weight is 410 g/mol. The number of pyridine rings is 1. The maximum atomic E-state index is 13.1. The smallest absolute Gasteiger partial charge is 0.238 e. The van der Waals surface area contributed by atoms with Crippen LogP contribution < -0.4 is 10.7 Å². The fourth-order valence-corrected chi connectivity index (χ4v) is 4.35. The molecule has 1 aromatic heterocycles. The van der Waals surface area contributed by atoms with Gasteiger partial charge in [0, 0.05) is 43.2 Å². The number of nitrogens with one attached hydrogen (secondary N) is 1. The number of rotatable bonds is 3. The predicted molar refractivity (Wildman–Crippen MR) is 118 cm³/mol. The highest BCUT2D eigenvalue weighted by Crippen LogP contribution is 2.24. The van der Waals surface area contributed by atoms with Crippen molar-refractivity contribution >= 4 is 34.1 Å². The van der Waals surface area contributed by atoms with Crippen LogP contribution in [-0.4, -0.2) is 28.5 Å². The Morgan fingerprint density at radius 3 is 2.62 bits per heavy atom. The lowest BCUT2D eigenvalue weighted by molar-refractivity contribution is -0.117. The number of carbonyl (C=O) groups excluding carboxylic acids is 1. The second-order valence-electron chi connectivity index (χ2n) is 7.83. The number of halogens is 1. The van der Waals surface area contributed by atoms with E-state index >= 15 is 0 Å². The molecule has 2 heterocycles. The minimum atomic E-state index is -0.132. The number of amides is 1. The minimum Gasteiger partial charge on any atom is -0.347 e. The molecule has 4 rings (SSSR count). The first-order valence-corrected chi connectivity index (χ1v) is 10.1. The quantitative estimate of drug-likeness (QED) is 0.715. The maximum absolute atomic E-state index is 13.1. The van der Waals surface area contributed by atoms with Crippen molar-refractivity contribution in [3.63, 3.8) is 0 Å². The number of aromatic nitrogens is 1. The van der Waals surface area contributed by atoms with Gasteiger partial charge in [0.2, 0.25) is 5.91 Å². The van der Waals surface area contributed by atoms with Gasteiger partial charge >= 0.3 is 0 Å². The van der Waals surface area contributed by atoms with Crippen LogP contribution in [0.25, 0.3) is 10.9 Å². The normalized spacial score (nSPS) is 14.1. The number of hydrogen-bond donors (Lipinski definition) is 1. The zero-order chi connectivity index (χ0) is 20.7. The third-order valence-corrected chi connectivity index (χ3v) is 5.91. The van der Waals surface area contributed by atoms with Crippen LogP contribution in [0.2, 0.25) is 5.02 Å². The van der Waals surface area contributed by atoms with Crippen LogP contribution >= 0.6 is 11.6 Å². The van der Waals surface area contributed by atoms with Crippen LogP contribution in [0.4, 0.5) is 5.69 Å². The number of hydrogen-bond acceptors (Lipinski definition) is 3. The maximum Gasteiger partial charge on any atom is 0.238 e. The molecule has 0 fully saturated rings. The van der Waals surface area contributed by atoms with Gasteiger partial charge in [-0.25, -0.2) is 0 Å². The van der Waals surface area contributed by atoms with Gasteiger partial charge in [0.15, 0.2) is 5.43 Å². The Labute approximate surface area is 174 Å². The molecule has 0 spiro atoms. The molecule has 1 aliphatic rings. The van der Waals surface area contributed by atoms with Gasteiger partial charge in [0.1, 0.15) is 0 Å². The molecule has 1 amide bonds. The summed E-state index contributed by atoms with van der Waals surface area (Å²) in [5.41, 5.74) is 5.60. The molecule has 29 heavy (non-hydrogen) atoms. The first-order chi connectivity index (χ1) is 13.8. The zero-order valence-electron chi connectivity index (χ0n) is 16.9. The molecule has 0 radical (unpaired) electrons. The Kier molecular flexibility index (Phi) is 5.19. The molecule has 1 N–H and O–H groups in total. The van der Waals surface area contributed by atoms with E-state index in [9.17, 15) is 9.59 Å². The summed E-state index contributed by atoms with van der Waals surface area (Å²) in [6.45, 7) is 5.37. The summed E-state index contributed by atoms with van der Waals surface area (Å²) in [5, 5.41) is 4.14. The van der Waals surface area contributed by atoms with Crippen LogP contribution in [0.15, 0.2) is 41.2 Å². The summed E-state index contributed by atoms with van der Waals surface area (Å²) in [5.74, 6) is -0.132. The van der Waals surface area contributed by atoms with Crippen molar-refractivity contribution < 1.29 is 4.79 Å². The molecular weight excluding hydrogens is 386 g/mol. The zero-order valence-corrected chi connectivity index (χ0v) is 17.6. The molecule has 0 bridgehead atoms. The van der Waals surface area contributed by atoms with Crippen molar-refractivity contribution in [2.75, 3.05) is 18.4 Å². The summed E-state index contributed by atoms with van der Waals surface area (Å²) < 4.78 is 2.12. The Hall–Kier alpha value is -2.63. The highest BCUT2D eigenvalue weighted by molar-refractivity contribution is 6.33. The molecule has 0 atom stereocenters. The van der Waals surface area contributed by atoms with Crippen molar-refractivity contribution in [3.05, 3.63) is 74.0 Å². The first kappa shape index (κ1) is 19.7. The fraction of sp³-hybridized carbons (Fsp3) is 0.304. The van der Waals surface area contributed by atoms with Gasteiger partial charge in [-0.15, -0.1) is 0 Å². The number of benzene rings is 2. The third-order valence-electron chi connectivity index (χ3n) is 5.60. The second-order valence-corrected chi connectivity index (χ2v) is 8.23. The van der Waals surface area contributed by atoms with Crippen LogP contribution in [0.3, 0.4) is 0 Å². The van der Waals surface area contributed by atoms with Gasteiger partial charge in [-0.2, -0.15) is 0 Å². The summed E-state index contributed by atoms with van der Waals surface area (Å²) >= 11 is 6.22. The Balaban J connectivity index is 1.56. The van der Waals surface area contributed by atoms with Crippen molar-refractivity contribution in [1.82, 2.24) is 9.47 Å². The van der Waals surface area contributed by atoms with Gasteiger partial charge < -0.3 is 9.88 Å². The summed E-state index contributed by atoms with van der Waals surface area (Å²) in [4.78, 5) is 27.7. The van der Waals surface area contributed by atoms with E-state index in [0.29, 0.717) is 17.3 Å². The largest absolute Gasteiger partial charge is 0.347 e. The topological polar surface area (TPSA) is 54.3 Å². The standard InChI is InChI=1S/C23H24ClN3O2/c1-14-5-7-20-16(10-14)23(29)17-12-27(9-8-21(17)26(20)3)13-22(28)25-19-6-4-15(2)11-18(19)24/h4-7,10-11H,8-9,12-13H2,1-3H3,(H,25,28). The number of fused-ring (bicyclic) bond motifs is 2. The van der Waals surface area contributed by atoms with Crippen molar-refractivity contribution in [3.8, 4) is 0 Å². The molecule has 5 nitrogen and oxygen atoms in total. The van der Waals surface area contributed by atoms with Crippen molar-refractivity contribution in [2.45, 2.75) is 26.8 Å². The molecule has 1 aliphatic heterocycles. The van der Waals surface area contributed by atoms with Gasteiger partial charge in [-0.05, 0) is 43.7 Å². The van der Waals surface area contributed by atoms with Crippen LogP contribution in [0.5, 0.6) is 0 Å². The fourth-order valence-electron chi connectivity index (χ4n) is 4.06. The summed E-state index contributed by atoms with van der Waals surface area (Å²) in [6.07, 6.45) is 0.740. The first-order valence-electron chi connectivity index (χ1n) is 9.73. The molecular formula is C23H24ClN3O2. The molecule has 0 saturated carbocycles. The lowest BCUT2D eigenvalue weighted by atomic mass is 10.0. The second kappa shape index (κ2) is 7.65. The summed E-state index contributed by atoms with van der Waals surface area (Å²) in [6, 6.07) is 11.5. The van der Waals surface area contributed by atoms with E-state index in [1.165, 1.54) is 0 Å². The van der Waals surface area contributed by atoms with E-state index < -0.39 is 0 Å². The molecule has 150 valence electrons. The molecule has 6 heteroatoms. The van der Waals surface area contributed by atoms with E-state index in [0.717, 1.165) is 46.3 Å². The monoisotopic (exact) mass is 409 g/mol. The van der Waals surface area contributed by atoms with Crippen LogP contribution in [0, 0.1) is 13.8 Å². The molecule has 0 aliphatic carbocycles. The van der Waals surface area contributed by atoms with E-state index in [1.54, 1.807) is 0 Å². The van der Waals surface area contributed by atoms with Gasteiger partial charge in [-0.3, -0.25) is 14.5 Å². The Morgan fingerprint density at radius 2 is 1.86 bits per heavy atom. The number of nitrogens with zero attached hydrogens (tertiary/aromatic N) is 2. The Bertz CT molecular complexity index is 1180. The van der Waals surface area contributed by atoms with Crippen molar-refractivity contribution in [2.24, 2.45) is 7.05 Å². The van der Waals surface area contributed by atoms with Crippen LogP contribution in [0.1, 0.15) is 22.4 Å². The summed E-state index contributed by atoms with van der Waals surface area (Å²) in [7, 11) is 2.01. The van der Waals surface area contributed by atoms with Crippen molar-refractivity contribution in [1.29, 1.82) is 0 Å². The van der Waals surface area contributed by atoms with Gasteiger partial charge in [0.05, 0.1) is 22.8 Å². The number of aryl methyl sites for hydroxylation is 3. The number of carbonyl (C=O) groups is 1. The van der Waals surface area contributed by atoms with E-state index in [4.69, 9.17) is 11.6 Å². The van der Waals surface area contributed by atoms with E-state index in [1.807, 2.05) is 62.2 Å². The SMILES string of the molecule is Cc1ccc(NC(=O)CN2CCc3c(c(=O)c4cc(C)ccc4n3C)C2)c(Cl)c1. The molecule has 0 unspecified atom stereocenters. The predicted octanol–water partition coefficient (Wildman–Crippen LogP) is 3.81. The lowest BCUT2D eigenvalue weighted by Gasteiger charge is -2.30. The third kappa shape index (κ3) is 3.80. The van der Waals surface area contributed by atoms with Gasteiger partial charge in [0.25, 0.3) is 0 Å². The van der Waals surface area contributed by atoms with Crippen LogP contribution in [-0.2, 0) is 24.8 Å². The van der Waals surface area contributed by atoms with E-state index in [-0.39, 0.29) is 17.9 Å². The average Bonchev–Trinajstić information content (AvgIpc) is 2.68. The molecule has 0 saturated heterocycles. The van der Waals surface area contributed by atoms with Gasteiger partial charge in [-0.1, -0.05) is 29.3 Å². The highest BCUT2D eigenvalue weighted by Gasteiger charge is 2.24. The lowest BCUT2D eigenvalue weighted by Crippen LogP contribution is -2.40. The van der Waals surface area contributed by atoms with E-state index in [2.05, 4.69) is 9.88 Å². The molecule has 3 aromatic rings. The Morgan fingerprint density at radius 1 is 1.14 bits per heavy atom. The highest BCUT2D eigenvalue weighted by atomic mass is 35.5. The number of anilines is 1.